The van der Waals surface area contributed by atoms with Gasteiger partial charge in [-0.05, 0) is 43.1 Å². The van der Waals surface area contributed by atoms with E-state index in [9.17, 15) is 8.42 Å². The maximum atomic E-state index is 12.6. The molecule has 0 spiro atoms. The second-order valence-electron chi connectivity index (χ2n) is 6.98. The zero-order valence-corrected chi connectivity index (χ0v) is 17.2. The van der Waals surface area contributed by atoms with E-state index in [0.29, 0.717) is 18.9 Å². The fourth-order valence-electron chi connectivity index (χ4n) is 3.36. The highest BCUT2D eigenvalue weighted by Gasteiger charge is 2.22. The minimum absolute atomic E-state index is 0.0724. The van der Waals surface area contributed by atoms with Crippen LogP contribution in [0.25, 0.3) is 0 Å². The number of hydrogen-bond donors (Lipinski definition) is 1. The van der Waals surface area contributed by atoms with E-state index >= 15 is 0 Å². The molecule has 3 rings (SSSR count). The normalized spacial score (nSPS) is 18.1. The summed E-state index contributed by atoms with van der Waals surface area (Å²) in [6.45, 7) is 5.43. The predicted octanol–water partition coefficient (Wildman–Crippen LogP) is 2.75. The molecule has 1 aliphatic heterocycles. The van der Waals surface area contributed by atoms with Crippen molar-refractivity contribution in [2.24, 2.45) is 0 Å². The summed E-state index contributed by atoms with van der Waals surface area (Å²) in [5.41, 5.74) is 2.06. The number of ether oxygens (including phenoxy) is 2. The highest BCUT2D eigenvalue weighted by Crippen LogP contribution is 2.25. The molecule has 0 aromatic heterocycles. The molecule has 6 nitrogen and oxygen atoms in total. The summed E-state index contributed by atoms with van der Waals surface area (Å²) in [5, 5.41) is 0. The molecular weight excluding hydrogens is 376 g/mol. The molecule has 0 saturated carbocycles. The SMILES string of the molecule is COc1ccc(C)cc1S(=O)(=O)NCCCN1CCOC(c2ccccc2)C1. The molecule has 0 aliphatic carbocycles. The minimum Gasteiger partial charge on any atom is -0.495 e. The minimum atomic E-state index is -3.60. The van der Waals surface area contributed by atoms with Crippen LogP contribution < -0.4 is 9.46 Å². The van der Waals surface area contributed by atoms with Crippen LogP contribution >= 0.6 is 0 Å². The lowest BCUT2D eigenvalue weighted by Crippen LogP contribution is -2.39. The summed E-state index contributed by atoms with van der Waals surface area (Å²) in [6, 6.07) is 15.3. The molecule has 1 saturated heterocycles. The predicted molar refractivity (Wildman–Crippen MR) is 109 cm³/mol. The molecule has 1 fully saturated rings. The van der Waals surface area contributed by atoms with Gasteiger partial charge in [0.2, 0.25) is 10.0 Å². The quantitative estimate of drug-likeness (QED) is 0.685. The van der Waals surface area contributed by atoms with Crippen molar-refractivity contribution >= 4 is 10.0 Å². The number of nitrogens with one attached hydrogen (secondary N) is 1. The molecule has 1 aliphatic rings. The zero-order chi connectivity index (χ0) is 20.0. The van der Waals surface area contributed by atoms with E-state index < -0.39 is 10.0 Å². The molecule has 0 amide bonds. The Kier molecular flexibility index (Phi) is 7.07. The fourth-order valence-corrected chi connectivity index (χ4v) is 4.68. The highest BCUT2D eigenvalue weighted by atomic mass is 32.2. The lowest BCUT2D eigenvalue weighted by atomic mass is 10.1. The molecule has 0 radical (unpaired) electrons. The van der Waals surface area contributed by atoms with Crippen molar-refractivity contribution in [2.45, 2.75) is 24.3 Å². The van der Waals surface area contributed by atoms with E-state index in [0.717, 1.165) is 31.6 Å². The van der Waals surface area contributed by atoms with Crippen LogP contribution in [0, 0.1) is 6.92 Å². The Morgan fingerprint density at radius 3 is 2.75 bits per heavy atom. The van der Waals surface area contributed by atoms with Gasteiger partial charge in [-0.1, -0.05) is 36.4 Å². The number of aryl methyl sites for hydroxylation is 1. The third-order valence-corrected chi connectivity index (χ3v) is 6.36. The Labute approximate surface area is 167 Å². The van der Waals surface area contributed by atoms with Crippen LogP contribution in [0.2, 0.25) is 0 Å². The standard InChI is InChI=1S/C21H28N2O4S/c1-17-9-10-19(26-2)21(15-17)28(24,25)22-11-6-12-23-13-14-27-20(16-23)18-7-4-3-5-8-18/h3-5,7-10,15,20,22H,6,11-14,16H2,1-2H3. The summed E-state index contributed by atoms with van der Waals surface area (Å²) in [7, 11) is -2.12. The first-order valence-electron chi connectivity index (χ1n) is 9.53. The van der Waals surface area contributed by atoms with Crippen LogP contribution in [0.15, 0.2) is 53.4 Å². The largest absolute Gasteiger partial charge is 0.495 e. The summed E-state index contributed by atoms with van der Waals surface area (Å²) in [4.78, 5) is 2.51. The zero-order valence-electron chi connectivity index (χ0n) is 16.4. The van der Waals surface area contributed by atoms with Gasteiger partial charge >= 0.3 is 0 Å². The number of hydrogen-bond acceptors (Lipinski definition) is 5. The Balaban J connectivity index is 1.51. The molecule has 1 atom stereocenters. The summed E-state index contributed by atoms with van der Waals surface area (Å²) in [6.07, 6.45) is 0.803. The number of nitrogens with zero attached hydrogens (tertiary/aromatic N) is 1. The lowest BCUT2D eigenvalue weighted by molar-refractivity contribution is -0.0300. The van der Waals surface area contributed by atoms with Crippen molar-refractivity contribution < 1.29 is 17.9 Å². The Morgan fingerprint density at radius 1 is 1.21 bits per heavy atom. The van der Waals surface area contributed by atoms with Gasteiger partial charge in [0.15, 0.2) is 0 Å². The van der Waals surface area contributed by atoms with Gasteiger partial charge < -0.3 is 9.47 Å². The van der Waals surface area contributed by atoms with Crippen LogP contribution in [0.5, 0.6) is 5.75 Å². The van der Waals surface area contributed by atoms with E-state index in [-0.39, 0.29) is 11.0 Å². The number of sulfonamides is 1. The Hall–Kier alpha value is -1.93. The van der Waals surface area contributed by atoms with Crippen molar-refractivity contribution in [2.75, 3.05) is 39.9 Å². The van der Waals surface area contributed by atoms with Crippen LogP contribution in [0.4, 0.5) is 0 Å². The maximum absolute atomic E-state index is 12.6. The van der Waals surface area contributed by atoms with E-state index in [1.54, 1.807) is 12.1 Å². The van der Waals surface area contributed by atoms with Gasteiger partial charge in [-0.25, -0.2) is 13.1 Å². The molecule has 1 heterocycles. The van der Waals surface area contributed by atoms with Gasteiger partial charge in [-0.2, -0.15) is 0 Å². The van der Waals surface area contributed by atoms with Gasteiger partial charge in [0.25, 0.3) is 0 Å². The van der Waals surface area contributed by atoms with Gasteiger partial charge in [-0.3, -0.25) is 4.90 Å². The molecular formula is C21H28N2O4S. The summed E-state index contributed by atoms with van der Waals surface area (Å²) >= 11 is 0. The molecule has 0 bridgehead atoms. The van der Waals surface area contributed by atoms with Gasteiger partial charge in [-0.15, -0.1) is 0 Å². The van der Waals surface area contributed by atoms with Gasteiger partial charge in [0.1, 0.15) is 10.6 Å². The number of benzene rings is 2. The van der Waals surface area contributed by atoms with E-state index in [1.807, 2.05) is 31.2 Å². The molecule has 1 N–H and O–H groups in total. The van der Waals surface area contributed by atoms with Crippen molar-refractivity contribution in [1.82, 2.24) is 9.62 Å². The van der Waals surface area contributed by atoms with Crippen LogP contribution in [0.1, 0.15) is 23.7 Å². The topological polar surface area (TPSA) is 67.9 Å². The second-order valence-corrected chi connectivity index (χ2v) is 8.71. The average molecular weight is 405 g/mol. The van der Waals surface area contributed by atoms with E-state index in [2.05, 4.69) is 21.8 Å². The van der Waals surface area contributed by atoms with Crippen LogP contribution in [-0.4, -0.2) is 53.2 Å². The Morgan fingerprint density at radius 2 is 2.00 bits per heavy atom. The third-order valence-electron chi connectivity index (χ3n) is 4.87. The number of rotatable bonds is 8. The van der Waals surface area contributed by atoms with Gasteiger partial charge in [0, 0.05) is 19.6 Å². The molecule has 2 aromatic carbocycles. The highest BCUT2D eigenvalue weighted by molar-refractivity contribution is 7.89. The lowest BCUT2D eigenvalue weighted by Gasteiger charge is -2.33. The first-order chi connectivity index (χ1) is 13.5. The van der Waals surface area contributed by atoms with Gasteiger partial charge in [0.05, 0.1) is 19.8 Å². The van der Waals surface area contributed by atoms with Crippen molar-refractivity contribution in [3.8, 4) is 5.75 Å². The average Bonchev–Trinajstić information content (AvgIpc) is 2.72. The van der Waals surface area contributed by atoms with Crippen molar-refractivity contribution in [3.63, 3.8) is 0 Å². The monoisotopic (exact) mass is 404 g/mol. The molecule has 2 aromatic rings. The number of methoxy groups -OCH3 is 1. The molecule has 28 heavy (non-hydrogen) atoms. The van der Waals surface area contributed by atoms with Crippen LogP contribution in [-0.2, 0) is 14.8 Å². The third kappa shape index (κ3) is 5.32. The van der Waals surface area contributed by atoms with E-state index in [4.69, 9.17) is 9.47 Å². The fraction of sp³-hybridized carbons (Fsp3) is 0.429. The maximum Gasteiger partial charge on any atom is 0.244 e. The second kappa shape index (κ2) is 9.52. The first kappa shape index (κ1) is 20.8. The summed E-state index contributed by atoms with van der Waals surface area (Å²) < 4.78 is 39.0. The summed E-state index contributed by atoms with van der Waals surface area (Å²) in [5.74, 6) is 0.358. The van der Waals surface area contributed by atoms with Crippen molar-refractivity contribution in [3.05, 3.63) is 59.7 Å². The number of morpholine rings is 1. The Bertz CT molecular complexity index is 871. The van der Waals surface area contributed by atoms with E-state index in [1.165, 1.54) is 12.7 Å². The molecule has 1 unspecified atom stereocenters. The first-order valence-corrected chi connectivity index (χ1v) is 11.0. The molecule has 152 valence electrons. The van der Waals surface area contributed by atoms with Crippen molar-refractivity contribution in [1.29, 1.82) is 0 Å². The smallest absolute Gasteiger partial charge is 0.244 e. The molecule has 7 heteroatoms. The van der Waals surface area contributed by atoms with Crippen LogP contribution in [0.3, 0.4) is 0 Å².